The molecule has 0 saturated heterocycles. The summed E-state index contributed by atoms with van der Waals surface area (Å²) in [5, 5.41) is 10.3. The highest BCUT2D eigenvalue weighted by Gasteiger charge is 2.13. The topological polar surface area (TPSA) is 90.2 Å². The molecule has 0 aliphatic heterocycles. The standard InChI is InChI=1S/C13H15N5O3/c1-17(7-11-5-3-2-4-6-11)12(19)9-21-13(20)8-18-10-14-15-16-18/h2-6,10H,7-9H2,1H3. The Balaban J connectivity index is 1.74. The van der Waals surface area contributed by atoms with Gasteiger partial charge in [0.15, 0.2) is 6.61 Å². The number of aromatic nitrogens is 4. The first-order valence-electron chi connectivity index (χ1n) is 6.29. The SMILES string of the molecule is CN(Cc1ccccc1)C(=O)COC(=O)Cn1cnnn1. The fourth-order valence-electron chi connectivity index (χ4n) is 1.63. The number of tetrazole rings is 1. The van der Waals surface area contributed by atoms with Gasteiger partial charge in [-0.2, -0.15) is 0 Å². The van der Waals surface area contributed by atoms with Crippen LogP contribution in [0.1, 0.15) is 5.56 Å². The molecule has 0 bridgehead atoms. The quantitative estimate of drug-likeness (QED) is 0.688. The smallest absolute Gasteiger partial charge is 0.328 e. The van der Waals surface area contributed by atoms with E-state index in [1.807, 2.05) is 30.3 Å². The van der Waals surface area contributed by atoms with E-state index in [1.54, 1.807) is 7.05 Å². The monoisotopic (exact) mass is 289 g/mol. The Morgan fingerprint density at radius 3 is 2.71 bits per heavy atom. The average Bonchev–Trinajstić information content (AvgIpc) is 2.98. The van der Waals surface area contributed by atoms with Gasteiger partial charge in [-0.15, -0.1) is 5.10 Å². The highest BCUT2D eigenvalue weighted by molar-refractivity contribution is 5.80. The number of likely N-dealkylation sites (N-methyl/N-ethyl adjacent to an activating group) is 1. The number of nitrogens with zero attached hydrogens (tertiary/aromatic N) is 5. The third-order valence-corrected chi connectivity index (χ3v) is 2.73. The van der Waals surface area contributed by atoms with Gasteiger partial charge in [-0.1, -0.05) is 30.3 Å². The second-order valence-corrected chi connectivity index (χ2v) is 4.40. The molecule has 21 heavy (non-hydrogen) atoms. The molecule has 2 rings (SSSR count). The number of ether oxygens (including phenoxy) is 1. The molecular formula is C13H15N5O3. The lowest BCUT2D eigenvalue weighted by molar-refractivity contribution is -0.152. The van der Waals surface area contributed by atoms with Crippen molar-refractivity contribution in [3.8, 4) is 0 Å². The van der Waals surface area contributed by atoms with Gasteiger partial charge < -0.3 is 9.64 Å². The summed E-state index contributed by atoms with van der Waals surface area (Å²) < 4.78 is 6.11. The predicted molar refractivity (Wildman–Crippen MR) is 71.7 cm³/mol. The molecule has 0 spiro atoms. The van der Waals surface area contributed by atoms with Crippen LogP contribution in [-0.2, 0) is 27.4 Å². The molecule has 2 aromatic rings. The molecular weight excluding hydrogens is 274 g/mol. The first-order chi connectivity index (χ1) is 10.1. The molecule has 0 fully saturated rings. The van der Waals surface area contributed by atoms with Crippen LogP contribution in [-0.4, -0.2) is 50.6 Å². The van der Waals surface area contributed by atoms with Gasteiger partial charge in [0.2, 0.25) is 0 Å². The maximum absolute atomic E-state index is 11.9. The van der Waals surface area contributed by atoms with Crippen molar-refractivity contribution in [1.29, 1.82) is 0 Å². The van der Waals surface area contributed by atoms with Gasteiger partial charge in [-0.05, 0) is 16.0 Å². The van der Waals surface area contributed by atoms with E-state index in [1.165, 1.54) is 15.9 Å². The van der Waals surface area contributed by atoms with Gasteiger partial charge >= 0.3 is 5.97 Å². The molecule has 1 amide bonds. The normalized spacial score (nSPS) is 10.1. The first kappa shape index (κ1) is 14.6. The lowest BCUT2D eigenvalue weighted by Crippen LogP contribution is -2.31. The van der Waals surface area contributed by atoms with E-state index >= 15 is 0 Å². The Bertz CT molecular complexity index is 585. The Morgan fingerprint density at radius 1 is 1.29 bits per heavy atom. The van der Waals surface area contributed by atoms with Gasteiger partial charge in [0.1, 0.15) is 12.9 Å². The lowest BCUT2D eigenvalue weighted by atomic mass is 10.2. The summed E-state index contributed by atoms with van der Waals surface area (Å²) in [5.74, 6) is -0.840. The molecule has 0 N–H and O–H groups in total. The van der Waals surface area contributed by atoms with Crippen molar-refractivity contribution >= 4 is 11.9 Å². The number of benzene rings is 1. The van der Waals surface area contributed by atoms with Crippen molar-refractivity contribution in [2.24, 2.45) is 0 Å². The molecule has 110 valence electrons. The molecule has 0 aliphatic carbocycles. The molecule has 0 aliphatic rings. The fourth-order valence-corrected chi connectivity index (χ4v) is 1.63. The zero-order valence-electron chi connectivity index (χ0n) is 11.5. The van der Waals surface area contributed by atoms with E-state index < -0.39 is 5.97 Å². The summed E-state index contributed by atoms with van der Waals surface area (Å²) in [6.07, 6.45) is 1.30. The van der Waals surface area contributed by atoms with Gasteiger partial charge in [0.05, 0.1) is 0 Å². The number of hydrogen-bond acceptors (Lipinski definition) is 6. The van der Waals surface area contributed by atoms with Crippen molar-refractivity contribution in [3.63, 3.8) is 0 Å². The Morgan fingerprint density at radius 2 is 2.05 bits per heavy atom. The second kappa shape index (κ2) is 7.13. The number of carbonyl (C=O) groups excluding carboxylic acids is 2. The van der Waals surface area contributed by atoms with Gasteiger partial charge in [-0.25, -0.2) is 4.68 Å². The third kappa shape index (κ3) is 4.68. The van der Waals surface area contributed by atoms with Gasteiger partial charge in [-0.3, -0.25) is 9.59 Å². The molecule has 1 heterocycles. The summed E-state index contributed by atoms with van der Waals surface area (Å²) in [4.78, 5) is 24.8. The zero-order chi connectivity index (χ0) is 15.1. The van der Waals surface area contributed by atoms with Crippen molar-refractivity contribution in [2.75, 3.05) is 13.7 Å². The summed E-state index contributed by atoms with van der Waals surface area (Å²) in [6.45, 7) is 0.0389. The zero-order valence-corrected chi connectivity index (χ0v) is 11.5. The minimum Gasteiger partial charge on any atom is -0.454 e. The number of hydrogen-bond donors (Lipinski definition) is 0. The van der Waals surface area contributed by atoms with E-state index in [4.69, 9.17) is 4.74 Å². The molecule has 0 saturated carbocycles. The summed E-state index contributed by atoms with van der Waals surface area (Å²) in [5.41, 5.74) is 1.01. The van der Waals surface area contributed by atoms with Crippen LogP contribution in [0.25, 0.3) is 0 Å². The number of esters is 1. The molecule has 0 unspecified atom stereocenters. The van der Waals surface area contributed by atoms with Crippen molar-refractivity contribution in [1.82, 2.24) is 25.1 Å². The summed E-state index contributed by atoms with van der Waals surface area (Å²) in [7, 11) is 1.66. The molecule has 8 nitrogen and oxygen atoms in total. The fraction of sp³-hybridized carbons (Fsp3) is 0.308. The number of rotatable bonds is 6. The van der Waals surface area contributed by atoms with Crippen LogP contribution in [0.3, 0.4) is 0 Å². The summed E-state index contributed by atoms with van der Waals surface area (Å²) in [6, 6.07) is 9.56. The molecule has 8 heteroatoms. The van der Waals surface area contributed by atoms with Crippen LogP contribution in [0.4, 0.5) is 0 Å². The van der Waals surface area contributed by atoms with Crippen molar-refractivity contribution in [2.45, 2.75) is 13.1 Å². The van der Waals surface area contributed by atoms with Crippen LogP contribution in [0, 0.1) is 0 Å². The van der Waals surface area contributed by atoms with E-state index in [0.29, 0.717) is 6.54 Å². The minimum atomic E-state index is -0.566. The number of amides is 1. The van der Waals surface area contributed by atoms with E-state index in [2.05, 4.69) is 15.5 Å². The van der Waals surface area contributed by atoms with Crippen molar-refractivity contribution < 1.29 is 14.3 Å². The van der Waals surface area contributed by atoms with Crippen LogP contribution in [0.5, 0.6) is 0 Å². The second-order valence-electron chi connectivity index (χ2n) is 4.40. The maximum Gasteiger partial charge on any atom is 0.328 e. The highest BCUT2D eigenvalue weighted by Crippen LogP contribution is 2.02. The average molecular weight is 289 g/mol. The Hall–Kier alpha value is -2.77. The van der Waals surface area contributed by atoms with Crippen LogP contribution in [0.15, 0.2) is 36.7 Å². The van der Waals surface area contributed by atoms with Crippen LogP contribution < -0.4 is 0 Å². The van der Waals surface area contributed by atoms with Crippen LogP contribution in [0.2, 0.25) is 0 Å². The van der Waals surface area contributed by atoms with Gasteiger partial charge in [0.25, 0.3) is 5.91 Å². The molecule has 0 radical (unpaired) electrons. The van der Waals surface area contributed by atoms with E-state index in [0.717, 1.165) is 5.56 Å². The van der Waals surface area contributed by atoms with Crippen molar-refractivity contribution in [3.05, 3.63) is 42.2 Å². The van der Waals surface area contributed by atoms with E-state index in [-0.39, 0.29) is 19.1 Å². The first-order valence-corrected chi connectivity index (χ1v) is 6.29. The highest BCUT2D eigenvalue weighted by atomic mass is 16.5. The van der Waals surface area contributed by atoms with Gasteiger partial charge in [0, 0.05) is 13.6 Å². The Labute approximate surface area is 121 Å². The third-order valence-electron chi connectivity index (χ3n) is 2.73. The lowest BCUT2D eigenvalue weighted by Gasteiger charge is -2.17. The molecule has 1 aromatic heterocycles. The molecule has 0 atom stereocenters. The minimum absolute atomic E-state index is 0.122. The van der Waals surface area contributed by atoms with Crippen LogP contribution >= 0.6 is 0 Å². The van der Waals surface area contributed by atoms with E-state index in [9.17, 15) is 9.59 Å². The Kier molecular flexibility index (Phi) is 4.97. The largest absolute Gasteiger partial charge is 0.454 e. The summed E-state index contributed by atoms with van der Waals surface area (Å²) >= 11 is 0. The maximum atomic E-state index is 11.9. The molecule has 1 aromatic carbocycles. The number of carbonyl (C=O) groups is 2. The predicted octanol–water partition coefficient (Wildman–Crippen LogP) is -0.125.